The summed E-state index contributed by atoms with van der Waals surface area (Å²) in [6.45, 7) is 1.63. The van der Waals surface area contributed by atoms with E-state index >= 15 is 0 Å². The van der Waals surface area contributed by atoms with Gasteiger partial charge >= 0.3 is 6.03 Å². The molecule has 0 fully saturated rings. The zero-order valence-electron chi connectivity index (χ0n) is 10.5. The number of hydrogen-bond acceptors (Lipinski definition) is 4. The maximum Gasteiger partial charge on any atom is 0.319 e. The van der Waals surface area contributed by atoms with Gasteiger partial charge < -0.3 is 25.0 Å². The molecule has 18 heavy (non-hydrogen) atoms. The molecule has 0 aromatic heterocycles. The molecule has 2 N–H and O–H groups in total. The summed E-state index contributed by atoms with van der Waals surface area (Å²) in [7, 11) is 3.91. The highest BCUT2D eigenvalue weighted by Crippen LogP contribution is 2.34. The molecule has 1 aromatic carbocycles. The van der Waals surface area contributed by atoms with Crippen molar-refractivity contribution in [1.29, 1.82) is 0 Å². The summed E-state index contributed by atoms with van der Waals surface area (Å²) >= 11 is 0. The first-order chi connectivity index (χ1) is 8.65. The van der Waals surface area contributed by atoms with Crippen molar-refractivity contribution in [2.75, 3.05) is 39.3 Å². The van der Waals surface area contributed by atoms with E-state index in [9.17, 15) is 4.79 Å². The highest BCUT2D eigenvalue weighted by molar-refractivity contribution is 5.89. The minimum Gasteiger partial charge on any atom is -0.454 e. The highest BCUT2D eigenvalue weighted by Gasteiger charge is 2.13. The van der Waals surface area contributed by atoms with E-state index in [1.807, 2.05) is 19.0 Å². The van der Waals surface area contributed by atoms with Crippen molar-refractivity contribution in [1.82, 2.24) is 10.2 Å². The molecule has 0 spiro atoms. The molecule has 2 rings (SSSR count). The van der Waals surface area contributed by atoms with E-state index < -0.39 is 0 Å². The summed E-state index contributed by atoms with van der Waals surface area (Å²) in [6.07, 6.45) is 0. The Labute approximate surface area is 106 Å². The number of hydrogen-bond donors (Lipinski definition) is 2. The van der Waals surface area contributed by atoms with Crippen molar-refractivity contribution in [3.05, 3.63) is 18.2 Å². The van der Waals surface area contributed by atoms with Crippen molar-refractivity contribution in [2.24, 2.45) is 0 Å². The summed E-state index contributed by atoms with van der Waals surface area (Å²) in [5.74, 6) is 1.36. The Morgan fingerprint density at radius 3 is 2.89 bits per heavy atom. The lowest BCUT2D eigenvalue weighted by molar-refractivity contribution is 0.174. The highest BCUT2D eigenvalue weighted by atomic mass is 16.7. The normalized spacial score (nSPS) is 12.6. The Hall–Kier alpha value is -1.95. The molecule has 1 aliphatic rings. The number of fused-ring (bicyclic) bond motifs is 1. The van der Waals surface area contributed by atoms with Crippen molar-refractivity contribution < 1.29 is 14.3 Å². The summed E-state index contributed by atoms with van der Waals surface area (Å²) in [5, 5.41) is 5.51. The lowest BCUT2D eigenvalue weighted by Crippen LogP contribution is -2.34. The lowest BCUT2D eigenvalue weighted by Gasteiger charge is -2.11. The first kappa shape index (κ1) is 12.5. The third kappa shape index (κ3) is 3.27. The topological polar surface area (TPSA) is 62.8 Å². The Morgan fingerprint density at radius 1 is 1.33 bits per heavy atom. The average Bonchev–Trinajstić information content (AvgIpc) is 2.75. The van der Waals surface area contributed by atoms with E-state index in [0.717, 1.165) is 6.54 Å². The van der Waals surface area contributed by atoms with Gasteiger partial charge in [-0.1, -0.05) is 0 Å². The number of carbonyl (C=O) groups is 1. The number of nitrogens with one attached hydrogen (secondary N) is 2. The van der Waals surface area contributed by atoms with E-state index in [4.69, 9.17) is 9.47 Å². The number of likely N-dealkylation sites (N-methyl/N-ethyl adjacent to an activating group) is 1. The van der Waals surface area contributed by atoms with Crippen LogP contribution in [0.5, 0.6) is 11.5 Å². The number of carbonyl (C=O) groups excluding carboxylic acids is 1. The van der Waals surface area contributed by atoms with E-state index in [0.29, 0.717) is 23.7 Å². The fourth-order valence-electron chi connectivity index (χ4n) is 1.54. The quantitative estimate of drug-likeness (QED) is 0.841. The van der Waals surface area contributed by atoms with Crippen LogP contribution in [0.1, 0.15) is 0 Å². The molecule has 1 aliphatic heterocycles. The predicted molar refractivity (Wildman–Crippen MR) is 68.1 cm³/mol. The van der Waals surface area contributed by atoms with E-state index in [2.05, 4.69) is 10.6 Å². The number of ether oxygens (including phenoxy) is 2. The van der Waals surface area contributed by atoms with Gasteiger partial charge in [0.15, 0.2) is 11.5 Å². The standard InChI is InChI=1S/C12H17N3O3/c1-15(2)6-5-13-12(16)14-9-3-4-10-11(7-9)18-8-17-10/h3-4,7H,5-6,8H2,1-2H3,(H2,13,14,16). The predicted octanol–water partition coefficient (Wildman–Crippen LogP) is 1.10. The van der Waals surface area contributed by atoms with Crippen LogP contribution in [0.4, 0.5) is 10.5 Å². The van der Waals surface area contributed by atoms with Crippen LogP contribution in [0, 0.1) is 0 Å². The molecule has 98 valence electrons. The average molecular weight is 251 g/mol. The van der Waals surface area contributed by atoms with Gasteiger partial charge in [0.05, 0.1) is 0 Å². The number of nitrogens with zero attached hydrogens (tertiary/aromatic N) is 1. The molecular weight excluding hydrogens is 234 g/mol. The number of benzene rings is 1. The fourth-order valence-corrected chi connectivity index (χ4v) is 1.54. The monoisotopic (exact) mass is 251 g/mol. The molecule has 0 unspecified atom stereocenters. The minimum absolute atomic E-state index is 0.226. The second-order valence-electron chi connectivity index (χ2n) is 4.25. The molecule has 2 amide bonds. The SMILES string of the molecule is CN(C)CCNC(=O)Nc1ccc2c(c1)OCO2. The smallest absolute Gasteiger partial charge is 0.319 e. The Morgan fingerprint density at radius 2 is 2.11 bits per heavy atom. The number of amides is 2. The Kier molecular flexibility index (Phi) is 3.88. The molecule has 6 nitrogen and oxygen atoms in total. The molecule has 0 saturated carbocycles. The van der Waals surface area contributed by atoms with Gasteiger partial charge in [0.2, 0.25) is 6.79 Å². The van der Waals surface area contributed by atoms with Crippen molar-refractivity contribution >= 4 is 11.7 Å². The summed E-state index contributed by atoms with van der Waals surface area (Å²) < 4.78 is 10.4. The van der Waals surface area contributed by atoms with E-state index in [1.54, 1.807) is 18.2 Å². The van der Waals surface area contributed by atoms with Crippen molar-refractivity contribution in [3.8, 4) is 11.5 Å². The second-order valence-corrected chi connectivity index (χ2v) is 4.25. The summed E-state index contributed by atoms with van der Waals surface area (Å²) in [4.78, 5) is 13.6. The van der Waals surface area contributed by atoms with Gasteiger partial charge in [-0.05, 0) is 26.2 Å². The third-order valence-corrected chi connectivity index (χ3v) is 2.48. The number of anilines is 1. The molecule has 0 aliphatic carbocycles. The van der Waals surface area contributed by atoms with Crippen LogP contribution in [0.2, 0.25) is 0 Å². The molecular formula is C12H17N3O3. The summed E-state index contributed by atoms with van der Waals surface area (Å²) in [5.41, 5.74) is 0.682. The Balaban J connectivity index is 1.84. The maximum atomic E-state index is 11.6. The van der Waals surface area contributed by atoms with Crippen LogP contribution in [-0.4, -0.2) is 44.9 Å². The largest absolute Gasteiger partial charge is 0.454 e. The van der Waals surface area contributed by atoms with Gasteiger partial charge in [-0.15, -0.1) is 0 Å². The number of rotatable bonds is 4. The van der Waals surface area contributed by atoms with Crippen LogP contribution in [0.3, 0.4) is 0 Å². The molecule has 6 heteroatoms. The zero-order chi connectivity index (χ0) is 13.0. The zero-order valence-corrected chi connectivity index (χ0v) is 10.5. The minimum atomic E-state index is -0.226. The van der Waals surface area contributed by atoms with Crippen molar-refractivity contribution in [3.63, 3.8) is 0 Å². The van der Waals surface area contributed by atoms with Gasteiger partial charge in [0, 0.05) is 24.8 Å². The first-order valence-electron chi connectivity index (χ1n) is 5.74. The summed E-state index contributed by atoms with van der Waals surface area (Å²) in [6, 6.07) is 5.07. The van der Waals surface area contributed by atoms with E-state index in [1.165, 1.54) is 0 Å². The van der Waals surface area contributed by atoms with Crippen molar-refractivity contribution in [2.45, 2.75) is 0 Å². The fraction of sp³-hybridized carbons (Fsp3) is 0.417. The van der Waals surface area contributed by atoms with Gasteiger partial charge in [-0.2, -0.15) is 0 Å². The molecule has 0 bridgehead atoms. The van der Waals surface area contributed by atoms with Crippen LogP contribution < -0.4 is 20.1 Å². The molecule has 1 heterocycles. The van der Waals surface area contributed by atoms with Gasteiger partial charge in [-0.25, -0.2) is 4.79 Å². The molecule has 0 atom stereocenters. The van der Waals surface area contributed by atoms with Gasteiger partial charge in [0.1, 0.15) is 0 Å². The molecule has 1 aromatic rings. The van der Waals surface area contributed by atoms with E-state index in [-0.39, 0.29) is 12.8 Å². The maximum absolute atomic E-state index is 11.6. The van der Waals surface area contributed by atoms with Crippen LogP contribution >= 0.6 is 0 Å². The molecule has 0 radical (unpaired) electrons. The Bertz CT molecular complexity index is 435. The van der Waals surface area contributed by atoms with Crippen LogP contribution in [-0.2, 0) is 0 Å². The second kappa shape index (κ2) is 5.59. The van der Waals surface area contributed by atoms with Gasteiger partial charge in [0.25, 0.3) is 0 Å². The first-order valence-corrected chi connectivity index (χ1v) is 5.74. The van der Waals surface area contributed by atoms with Crippen LogP contribution in [0.15, 0.2) is 18.2 Å². The molecule has 0 saturated heterocycles. The lowest BCUT2D eigenvalue weighted by atomic mass is 10.3. The number of urea groups is 1. The third-order valence-electron chi connectivity index (χ3n) is 2.48. The van der Waals surface area contributed by atoms with Gasteiger partial charge in [-0.3, -0.25) is 0 Å². The van der Waals surface area contributed by atoms with Crippen LogP contribution in [0.25, 0.3) is 0 Å².